The highest BCUT2D eigenvalue weighted by Gasteiger charge is 2.29. The average molecular weight is 326 g/mol. The van der Waals surface area contributed by atoms with E-state index in [1.165, 1.54) is 0 Å². The maximum atomic E-state index is 6.12. The number of aromatic nitrogens is 2. The van der Waals surface area contributed by atoms with Crippen LogP contribution in [-0.2, 0) is 10.5 Å². The van der Waals surface area contributed by atoms with Gasteiger partial charge in [0.2, 0.25) is 5.89 Å². The summed E-state index contributed by atoms with van der Waals surface area (Å²) in [6.07, 6.45) is 0.816. The first-order chi connectivity index (χ1) is 10.2. The van der Waals surface area contributed by atoms with Gasteiger partial charge in [0.25, 0.3) is 0 Å². The summed E-state index contributed by atoms with van der Waals surface area (Å²) >= 11 is 7.70. The molecule has 3 rings (SSSR count). The van der Waals surface area contributed by atoms with Crippen molar-refractivity contribution < 1.29 is 9.26 Å². The molecule has 2 N–H and O–H groups in total. The van der Waals surface area contributed by atoms with Crippen LogP contribution in [0.3, 0.4) is 0 Å². The third kappa shape index (κ3) is 3.58. The summed E-state index contributed by atoms with van der Waals surface area (Å²) in [5.74, 6) is 1.81. The number of rotatable bonds is 4. The van der Waals surface area contributed by atoms with Crippen LogP contribution < -0.4 is 5.73 Å². The van der Waals surface area contributed by atoms with Gasteiger partial charge in [-0.1, -0.05) is 28.9 Å². The van der Waals surface area contributed by atoms with Crippen molar-refractivity contribution >= 4 is 23.4 Å². The quantitative estimate of drug-likeness (QED) is 0.871. The Morgan fingerprint density at radius 3 is 3.05 bits per heavy atom. The lowest BCUT2D eigenvalue weighted by Gasteiger charge is -2.25. The van der Waals surface area contributed by atoms with E-state index in [1.54, 1.807) is 11.8 Å². The van der Waals surface area contributed by atoms with Crippen molar-refractivity contribution in [1.82, 2.24) is 10.1 Å². The topological polar surface area (TPSA) is 74.2 Å². The molecule has 1 fully saturated rings. The summed E-state index contributed by atoms with van der Waals surface area (Å²) in [7, 11) is 0. The van der Waals surface area contributed by atoms with E-state index in [4.69, 9.17) is 26.6 Å². The van der Waals surface area contributed by atoms with Gasteiger partial charge in [-0.15, -0.1) is 11.8 Å². The van der Waals surface area contributed by atoms with Crippen LogP contribution in [0.4, 0.5) is 0 Å². The molecule has 2 aromatic rings. The molecule has 112 valence electrons. The van der Waals surface area contributed by atoms with Gasteiger partial charge in [-0.25, -0.2) is 0 Å². The zero-order valence-corrected chi connectivity index (χ0v) is 12.9. The molecule has 1 aliphatic heterocycles. The molecule has 0 aliphatic carbocycles. The van der Waals surface area contributed by atoms with Crippen molar-refractivity contribution in [2.75, 3.05) is 13.2 Å². The van der Waals surface area contributed by atoms with Crippen LogP contribution in [-0.4, -0.2) is 29.4 Å². The SMILES string of the molecule is NC1CCOCC1c1nc(CSc2ccccc2Cl)no1. The van der Waals surface area contributed by atoms with Crippen molar-refractivity contribution in [1.29, 1.82) is 0 Å². The van der Waals surface area contributed by atoms with E-state index in [1.807, 2.05) is 24.3 Å². The molecule has 1 saturated heterocycles. The van der Waals surface area contributed by atoms with Crippen molar-refractivity contribution in [3.8, 4) is 0 Å². The number of halogens is 1. The molecule has 0 saturated carbocycles. The highest BCUT2D eigenvalue weighted by Crippen LogP contribution is 2.29. The molecule has 21 heavy (non-hydrogen) atoms. The van der Waals surface area contributed by atoms with E-state index in [9.17, 15) is 0 Å². The standard InChI is InChI=1S/C14H16ClN3O2S/c15-10-3-1-2-4-12(10)21-8-13-17-14(20-18-13)9-7-19-6-5-11(9)16/h1-4,9,11H,5-8,16H2. The van der Waals surface area contributed by atoms with Gasteiger partial charge in [0.15, 0.2) is 5.82 Å². The Morgan fingerprint density at radius 1 is 1.38 bits per heavy atom. The molecule has 7 heteroatoms. The van der Waals surface area contributed by atoms with Gasteiger partial charge < -0.3 is 15.0 Å². The molecule has 2 unspecified atom stereocenters. The van der Waals surface area contributed by atoms with Gasteiger partial charge in [-0.3, -0.25) is 0 Å². The van der Waals surface area contributed by atoms with Gasteiger partial charge in [0.05, 0.1) is 23.3 Å². The minimum atomic E-state index is -0.00897. The van der Waals surface area contributed by atoms with Crippen LogP contribution in [0.2, 0.25) is 5.02 Å². The number of hydrogen-bond donors (Lipinski definition) is 1. The van der Waals surface area contributed by atoms with Crippen molar-refractivity contribution in [2.45, 2.75) is 29.0 Å². The van der Waals surface area contributed by atoms with Gasteiger partial charge in [0, 0.05) is 17.5 Å². The van der Waals surface area contributed by atoms with Crippen LogP contribution in [0.25, 0.3) is 0 Å². The first-order valence-corrected chi connectivity index (χ1v) is 8.13. The van der Waals surface area contributed by atoms with Crippen LogP contribution in [0.5, 0.6) is 0 Å². The number of nitrogens with two attached hydrogens (primary N) is 1. The average Bonchev–Trinajstić information content (AvgIpc) is 2.96. The fourth-order valence-electron chi connectivity index (χ4n) is 2.19. The maximum absolute atomic E-state index is 6.12. The van der Waals surface area contributed by atoms with Crippen LogP contribution >= 0.6 is 23.4 Å². The van der Waals surface area contributed by atoms with Crippen LogP contribution in [0.1, 0.15) is 24.1 Å². The Morgan fingerprint density at radius 2 is 2.24 bits per heavy atom. The van der Waals surface area contributed by atoms with Crippen molar-refractivity contribution in [3.05, 3.63) is 41.0 Å². The molecule has 0 amide bonds. The number of nitrogens with zero attached hydrogens (tertiary/aromatic N) is 2. The normalized spacial score (nSPS) is 22.4. The summed E-state index contributed by atoms with van der Waals surface area (Å²) < 4.78 is 10.8. The second kappa shape index (κ2) is 6.79. The Labute approximate surface area is 132 Å². The van der Waals surface area contributed by atoms with E-state index in [0.29, 0.717) is 30.7 Å². The summed E-state index contributed by atoms with van der Waals surface area (Å²) in [6, 6.07) is 7.71. The van der Waals surface area contributed by atoms with E-state index in [-0.39, 0.29) is 12.0 Å². The second-order valence-corrected chi connectivity index (χ2v) is 6.33. The zero-order valence-electron chi connectivity index (χ0n) is 11.4. The van der Waals surface area contributed by atoms with E-state index in [0.717, 1.165) is 16.3 Å². The minimum Gasteiger partial charge on any atom is -0.381 e. The third-order valence-electron chi connectivity index (χ3n) is 3.40. The number of hydrogen-bond acceptors (Lipinski definition) is 6. The Kier molecular flexibility index (Phi) is 4.80. The molecule has 2 heterocycles. The Balaban J connectivity index is 1.64. The highest BCUT2D eigenvalue weighted by atomic mass is 35.5. The lowest BCUT2D eigenvalue weighted by atomic mass is 9.97. The Bertz CT molecular complexity index is 607. The minimum absolute atomic E-state index is 0.00897. The maximum Gasteiger partial charge on any atom is 0.233 e. The molecule has 2 atom stereocenters. The fourth-order valence-corrected chi connectivity index (χ4v) is 3.27. The number of benzene rings is 1. The fraction of sp³-hybridized carbons (Fsp3) is 0.429. The van der Waals surface area contributed by atoms with E-state index >= 15 is 0 Å². The first-order valence-electron chi connectivity index (χ1n) is 6.77. The lowest BCUT2D eigenvalue weighted by Crippen LogP contribution is -2.37. The van der Waals surface area contributed by atoms with Crippen molar-refractivity contribution in [2.24, 2.45) is 5.73 Å². The van der Waals surface area contributed by atoms with Crippen LogP contribution in [0, 0.1) is 0 Å². The Hall–Kier alpha value is -1.08. The van der Waals surface area contributed by atoms with Gasteiger partial charge >= 0.3 is 0 Å². The molecule has 0 radical (unpaired) electrons. The second-order valence-electron chi connectivity index (χ2n) is 4.90. The summed E-state index contributed by atoms with van der Waals surface area (Å²) in [6.45, 7) is 1.24. The molecule has 1 aromatic carbocycles. The summed E-state index contributed by atoms with van der Waals surface area (Å²) in [5, 5.41) is 4.74. The molecule has 1 aliphatic rings. The molecule has 0 spiro atoms. The molecular formula is C14H16ClN3O2S. The molecule has 0 bridgehead atoms. The zero-order chi connectivity index (χ0) is 14.7. The third-order valence-corrected chi connectivity index (χ3v) is 4.92. The van der Waals surface area contributed by atoms with Gasteiger partial charge in [-0.2, -0.15) is 4.98 Å². The summed E-state index contributed by atoms with van der Waals surface area (Å²) in [4.78, 5) is 5.43. The molecule has 5 nitrogen and oxygen atoms in total. The van der Waals surface area contributed by atoms with E-state index in [2.05, 4.69) is 10.1 Å². The first kappa shape index (κ1) is 14.8. The van der Waals surface area contributed by atoms with Gasteiger partial charge in [-0.05, 0) is 18.6 Å². The monoisotopic (exact) mass is 325 g/mol. The van der Waals surface area contributed by atoms with Crippen molar-refractivity contribution in [3.63, 3.8) is 0 Å². The molecular weight excluding hydrogens is 310 g/mol. The number of ether oxygens (including phenoxy) is 1. The molecule has 1 aromatic heterocycles. The van der Waals surface area contributed by atoms with E-state index < -0.39 is 0 Å². The lowest BCUT2D eigenvalue weighted by molar-refractivity contribution is 0.0590. The predicted molar refractivity (Wildman–Crippen MR) is 81.5 cm³/mol. The number of thioether (sulfide) groups is 1. The smallest absolute Gasteiger partial charge is 0.233 e. The summed E-state index contributed by atoms with van der Waals surface area (Å²) in [5.41, 5.74) is 6.07. The van der Waals surface area contributed by atoms with Gasteiger partial charge in [0.1, 0.15) is 0 Å². The predicted octanol–water partition coefficient (Wildman–Crippen LogP) is 2.85. The van der Waals surface area contributed by atoms with Crippen LogP contribution in [0.15, 0.2) is 33.7 Å². The highest BCUT2D eigenvalue weighted by molar-refractivity contribution is 7.98. The largest absolute Gasteiger partial charge is 0.381 e.